The number of hydrogen-bond donors (Lipinski definition) is 2. The smallest absolute Gasteiger partial charge is 0.237 e. The molecule has 1 heterocycles. The molecule has 0 unspecified atom stereocenters. The fourth-order valence-electron chi connectivity index (χ4n) is 1.26. The molecule has 16 heavy (non-hydrogen) atoms. The molecule has 5 nitrogen and oxygen atoms in total. The first-order chi connectivity index (χ1) is 7.30. The van der Waals surface area contributed by atoms with Crippen molar-refractivity contribution < 1.29 is 4.79 Å². The van der Waals surface area contributed by atoms with E-state index in [-0.39, 0.29) is 11.3 Å². The lowest BCUT2D eigenvalue weighted by molar-refractivity contribution is -0.124. The van der Waals surface area contributed by atoms with Crippen molar-refractivity contribution in [2.45, 2.75) is 33.4 Å². The second-order valence-electron chi connectivity index (χ2n) is 5.08. The number of hydrogen-bond acceptors (Lipinski definition) is 3. The molecule has 0 bridgehead atoms. The highest BCUT2D eigenvalue weighted by Gasteiger charge is 2.27. The van der Waals surface area contributed by atoms with E-state index in [0.717, 1.165) is 5.56 Å². The molecule has 1 aromatic rings. The summed E-state index contributed by atoms with van der Waals surface area (Å²) >= 11 is 0. The number of carbonyl (C=O) groups is 1. The van der Waals surface area contributed by atoms with Crippen LogP contribution in [0.1, 0.15) is 26.3 Å². The van der Waals surface area contributed by atoms with Gasteiger partial charge < -0.3 is 11.1 Å². The van der Waals surface area contributed by atoms with Crippen molar-refractivity contribution in [1.29, 1.82) is 0 Å². The molecule has 0 saturated heterocycles. The lowest BCUT2D eigenvalue weighted by Crippen LogP contribution is -2.48. The van der Waals surface area contributed by atoms with Gasteiger partial charge >= 0.3 is 0 Å². The SMILES string of the molecule is Cn1cc(CNC(=O)[C@@H](N)C(C)(C)C)cn1. The fourth-order valence-corrected chi connectivity index (χ4v) is 1.26. The van der Waals surface area contributed by atoms with Crippen molar-refractivity contribution in [3.63, 3.8) is 0 Å². The zero-order valence-corrected chi connectivity index (χ0v) is 10.3. The standard InChI is InChI=1S/C11H20N4O/c1-11(2,3)9(12)10(16)13-5-8-6-14-15(4)7-8/h6-7,9H,5,12H2,1-4H3,(H,13,16)/t9-/m1/s1. The van der Waals surface area contributed by atoms with Crippen LogP contribution in [-0.2, 0) is 18.4 Å². The van der Waals surface area contributed by atoms with Crippen LogP contribution in [0.5, 0.6) is 0 Å². The second-order valence-corrected chi connectivity index (χ2v) is 5.08. The third-order valence-corrected chi connectivity index (χ3v) is 2.44. The molecule has 0 radical (unpaired) electrons. The summed E-state index contributed by atoms with van der Waals surface area (Å²) in [5, 5.41) is 6.82. The Morgan fingerprint density at radius 1 is 1.62 bits per heavy atom. The van der Waals surface area contributed by atoms with Crippen LogP contribution in [-0.4, -0.2) is 21.7 Å². The molecule has 0 fully saturated rings. The molecular formula is C11H20N4O. The molecule has 0 aliphatic carbocycles. The summed E-state index contributed by atoms with van der Waals surface area (Å²) in [7, 11) is 1.84. The number of nitrogens with one attached hydrogen (secondary N) is 1. The van der Waals surface area contributed by atoms with E-state index in [1.54, 1.807) is 10.9 Å². The Kier molecular flexibility index (Phi) is 3.70. The molecule has 0 aliphatic rings. The summed E-state index contributed by atoms with van der Waals surface area (Å²) in [6.07, 6.45) is 3.59. The highest BCUT2D eigenvalue weighted by Crippen LogP contribution is 2.17. The first kappa shape index (κ1) is 12.7. The summed E-state index contributed by atoms with van der Waals surface area (Å²) in [6, 6.07) is -0.496. The van der Waals surface area contributed by atoms with Gasteiger partial charge in [-0.15, -0.1) is 0 Å². The van der Waals surface area contributed by atoms with Crippen LogP contribution in [0.15, 0.2) is 12.4 Å². The number of aryl methyl sites for hydroxylation is 1. The minimum atomic E-state index is -0.496. The molecule has 1 atom stereocenters. The predicted octanol–water partition coefficient (Wildman–Crippen LogP) is 0.410. The minimum Gasteiger partial charge on any atom is -0.351 e. The van der Waals surface area contributed by atoms with Gasteiger partial charge in [0, 0.05) is 25.4 Å². The summed E-state index contributed by atoms with van der Waals surface area (Å²) in [5.41, 5.74) is 6.58. The summed E-state index contributed by atoms with van der Waals surface area (Å²) in [4.78, 5) is 11.7. The maximum Gasteiger partial charge on any atom is 0.237 e. The number of nitrogens with two attached hydrogens (primary N) is 1. The topological polar surface area (TPSA) is 72.9 Å². The van der Waals surface area contributed by atoms with Crippen LogP contribution >= 0.6 is 0 Å². The summed E-state index contributed by atoms with van der Waals surface area (Å²) < 4.78 is 1.70. The van der Waals surface area contributed by atoms with Gasteiger partial charge in [0.05, 0.1) is 12.2 Å². The van der Waals surface area contributed by atoms with E-state index in [1.165, 1.54) is 0 Å². The number of nitrogens with zero attached hydrogens (tertiary/aromatic N) is 2. The maximum atomic E-state index is 11.7. The first-order valence-electron chi connectivity index (χ1n) is 5.31. The van der Waals surface area contributed by atoms with E-state index >= 15 is 0 Å². The minimum absolute atomic E-state index is 0.128. The Balaban J connectivity index is 2.47. The van der Waals surface area contributed by atoms with E-state index in [2.05, 4.69) is 10.4 Å². The molecule has 0 spiro atoms. The molecule has 0 saturated carbocycles. The maximum absolute atomic E-state index is 11.7. The molecular weight excluding hydrogens is 204 g/mol. The van der Waals surface area contributed by atoms with E-state index in [4.69, 9.17) is 5.73 Å². The van der Waals surface area contributed by atoms with Gasteiger partial charge in [0.2, 0.25) is 5.91 Å². The lowest BCUT2D eigenvalue weighted by Gasteiger charge is -2.25. The third-order valence-electron chi connectivity index (χ3n) is 2.44. The highest BCUT2D eigenvalue weighted by atomic mass is 16.2. The van der Waals surface area contributed by atoms with Crippen LogP contribution in [0.2, 0.25) is 0 Å². The lowest BCUT2D eigenvalue weighted by atomic mass is 9.87. The summed E-state index contributed by atoms with van der Waals surface area (Å²) in [6.45, 7) is 6.31. The highest BCUT2D eigenvalue weighted by molar-refractivity contribution is 5.82. The average Bonchev–Trinajstić information content (AvgIpc) is 2.58. The zero-order valence-electron chi connectivity index (χ0n) is 10.3. The normalized spacial score (nSPS) is 13.6. The Bertz CT molecular complexity index is 364. The summed E-state index contributed by atoms with van der Waals surface area (Å²) in [5.74, 6) is -0.128. The van der Waals surface area contributed by atoms with Gasteiger partial charge in [-0.05, 0) is 5.41 Å². The van der Waals surface area contributed by atoms with Crippen LogP contribution in [0.25, 0.3) is 0 Å². The zero-order chi connectivity index (χ0) is 12.3. The van der Waals surface area contributed by atoms with Gasteiger partial charge in [0.25, 0.3) is 0 Å². The van der Waals surface area contributed by atoms with Crippen molar-refractivity contribution in [3.8, 4) is 0 Å². The van der Waals surface area contributed by atoms with Gasteiger partial charge in [-0.1, -0.05) is 20.8 Å². The van der Waals surface area contributed by atoms with Gasteiger partial charge in [0.15, 0.2) is 0 Å². The van der Waals surface area contributed by atoms with Crippen LogP contribution in [0.3, 0.4) is 0 Å². The van der Waals surface area contributed by atoms with Gasteiger partial charge in [-0.2, -0.15) is 5.10 Å². The predicted molar refractivity (Wildman–Crippen MR) is 62.5 cm³/mol. The average molecular weight is 224 g/mol. The number of carbonyl (C=O) groups excluding carboxylic acids is 1. The van der Waals surface area contributed by atoms with Crippen molar-refractivity contribution in [2.75, 3.05) is 0 Å². The fraction of sp³-hybridized carbons (Fsp3) is 0.636. The van der Waals surface area contributed by atoms with E-state index in [9.17, 15) is 4.79 Å². The first-order valence-corrected chi connectivity index (χ1v) is 5.31. The largest absolute Gasteiger partial charge is 0.351 e. The monoisotopic (exact) mass is 224 g/mol. The molecule has 3 N–H and O–H groups in total. The third kappa shape index (κ3) is 3.34. The Labute approximate surface area is 96.0 Å². The Hall–Kier alpha value is -1.36. The molecule has 1 amide bonds. The Morgan fingerprint density at radius 3 is 2.69 bits per heavy atom. The molecule has 0 aromatic carbocycles. The van der Waals surface area contributed by atoms with E-state index < -0.39 is 6.04 Å². The van der Waals surface area contributed by atoms with Gasteiger partial charge in [-0.25, -0.2) is 0 Å². The number of aromatic nitrogens is 2. The van der Waals surface area contributed by atoms with Crippen molar-refractivity contribution in [2.24, 2.45) is 18.2 Å². The molecule has 5 heteroatoms. The van der Waals surface area contributed by atoms with Crippen molar-refractivity contribution in [1.82, 2.24) is 15.1 Å². The van der Waals surface area contributed by atoms with Crippen LogP contribution in [0, 0.1) is 5.41 Å². The van der Waals surface area contributed by atoms with E-state index in [0.29, 0.717) is 6.54 Å². The molecule has 90 valence electrons. The van der Waals surface area contributed by atoms with Crippen molar-refractivity contribution >= 4 is 5.91 Å². The number of amides is 1. The molecule has 1 rings (SSSR count). The van der Waals surface area contributed by atoms with Gasteiger partial charge in [-0.3, -0.25) is 9.48 Å². The quantitative estimate of drug-likeness (QED) is 0.781. The molecule has 0 aliphatic heterocycles. The van der Waals surface area contributed by atoms with Crippen LogP contribution < -0.4 is 11.1 Å². The molecule has 1 aromatic heterocycles. The van der Waals surface area contributed by atoms with Gasteiger partial charge in [0.1, 0.15) is 0 Å². The van der Waals surface area contributed by atoms with Crippen LogP contribution in [0.4, 0.5) is 0 Å². The number of rotatable bonds is 3. The second kappa shape index (κ2) is 4.65. The Morgan fingerprint density at radius 2 is 2.25 bits per heavy atom. The van der Waals surface area contributed by atoms with E-state index in [1.807, 2.05) is 34.0 Å². The van der Waals surface area contributed by atoms with Crippen molar-refractivity contribution in [3.05, 3.63) is 18.0 Å².